The number of hydrogen-bond acceptors (Lipinski definition) is 3. The van der Waals surface area contributed by atoms with E-state index >= 15 is 0 Å². The molecular weight excluding hydrogens is 278 g/mol. The van der Waals surface area contributed by atoms with Crippen LogP contribution in [0, 0.1) is 0 Å². The van der Waals surface area contributed by atoms with Crippen molar-refractivity contribution in [2.45, 2.75) is 39.0 Å². The van der Waals surface area contributed by atoms with E-state index in [1.54, 1.807) is 11.1 Å². The third kappa shape index (κ3) is 4.16. The van der Waals surface area contributed by atoms with Gasteiger partial charge in [0, 0.05) is 13.1 Å². The highest BCUT2D eigenvalue weighted by molar-refractivity contribution is 6.35. The largest absolute Gasteiger partial charge is 0.334 e. The Balaban J connectivity index is 1.89. The Morgan fingerprint density at radius 2 is 1.73 bits per heavy atom. The van der Waals surface area contributed by atoms with Gasteiger partial charge < -0.3 is 4.90 Å². The SMILES string of the molecule is CC(C)(C)c1ccc(/C=N\NC(=O)C(=O)N2CCCC2)cc1. The number of rotatable bonds is 2. The summed E-state index contributed by atoms with van der Waals surface area (Å²) in [7, 11) is 0. The second-order valence-corrected chi connectivity index (χ2v) is 6.57. The number of nitrogens with zero attached hydrogens (tertiary/aromatic N) is 2. The van der Waals surface area contributed by atoms with Crippen LogP contribution in [0.15, 0.2) is 29.4 Å². The van der Waals surface area contributed by atoms with Gasteiger partial charge in [-0.05, 0) is 29.4 Å². The van der Waals surface area contributed by atoms with Gasteiger partial charge in [0.05, 0.1) is 6.21 Å². The number of nitrogens with one attached hydrogen (secondary N) is 1. The fraction of sp³-hybridized carbons (Fsp3) is 0.471. The van der Waals surface area contributed by atoms with E-state index in [4.69, 9.17) is 0 Å². The predicted molar refractivity (Wildman–Crippen MR) is 86.7 cm³/mol. The lowest BCUT2D eigenvalue weighted by atomic mass is 9.87. The summed E-state index contributed by atoms with van der Waals surface area (Å²) in [5.74, 6) is -1.18. The van der Waals surface area contributed by atoms with Crippen molar-refractivity contribution >= 4 is 18.0 Å². The summed E-state index contributed by atoms with van der Waals surface area (Å²) < 4.78 is 0. The van der Waals surface area contributed by atoms with Crippen molar-refractivity contribution in [3.8, 4) is 0 Å². The highest BCUT2D eigenvalue weighted by atomic mass is 16.2. The van der Waals surface area contributed by atoms with E-state index in [2.05, 4.69) is 31.3 Å². The molecule has 1 aliphatic heterocycles. The molecule has 0 aromatic heterocycles. The van der Waals surface area contributed by atoms with E-state index in [1.807, 2.05) is 24.3 Å². The number of benzene rings is 1. The van der Waals surface area contributed by atoms with E-state index in [0.29, 0.717) is 13.1 Å². The van der Waals surface area contributed by atoms with Crippen LogP contribution in [-0.2, 0) is 15.0 Å². The Bertz CT molecular complexity index is 565. The van der Waals surface area contributed by atoms with Crippen molar-refractivity contribution in [1.29, 1.82) is 0 Å². The van der Waals surface area contributed by atoms with Gasteiger partial charge in [0.2, 0.25) is 0 Å². The van der Waals surface area contributed by atoms with Gasteiger partial charge in [-0.15, -0.1) is 0 Å². The minimum Gasteiger partial charge on any atom is -0.334 e. The fourth-order valence-corrected chi connectivity index (χ4v) is 2.35. The molecule has 0 saturated carbocycles. The van der Waals surface area contributed by atoms with Crippen LogP contribution in [-0.4, -0.2) is 36.0 Å². The van der Waals surface area contributed by atoms with Crippen LogP contribution in [0.1, 0.15) is 44.7 Å². The zero-order valence-electron chi connectivity index (χ0n) is 13.4. The molecule has 22 heavy (non-hydrogen) atoms. The first-order valence-electron chi connectivity index (χ1n) is 7.61. The number of hydrazone groups is 1. The van der Waals surface area contributed by atoms with Gasteiger partial charge in [0.15, 0.2) is 0 Å². The minimum atomic E-state index is -0.676. The van der Waals surface area contributed by atoms with Crippen molar-refractivity contribution in [3.63, 3.8) is 0 Å². The van der Waals surface area contributed by atoms with E-state index in [-0.39, 0.29) is 5.41 Å². The van der Waals surface area contributed by atoms with E-state index < -0.39 is 11.8 Å². The smallest absolute Gasteiger partial charge is 0.329 e. The molecule has 1 N–H and O–H groups in total. The van der Waals surface area contributed by atoms with Gasteiger partial charge in [-0.25, -0.2) is 5.43 Å². The fourth-order valence-electron chi connectivity index (χ4n) is 2.35. The maximum atomic E-state index is 11.8. The van der Waals surface area contributed by atoms with Gasteiger partial charge in [0.1, 0.15) is 0 Å². The van der Waals surface area contributed by atoms with Crippen LogP contribution in [0.4, 0.5) is 0 Å². The van der Waals surface area contributed by atoms with Crippen LogP contribution >= 0.6 is 0 Å². The normalized spacial score (nSPS) is 15.3. The quantitative estimate of drug-likeness (QED) is 0.516. The summed E-state index contributed by atoms with van der Waals surface area (Å²) in [4.78, 5) is 25.0. The first kappa shape index (κ1) is 16.2. The molecule has 0 spiro atoms. The number of hydrogen-bond donors (Lipinski definition) is 1. The molecular formula is C17H23N3O2. The van der Waals surface area contributed by atoms with Gasteiger partial charge in [-0.1, -0.05) is 45.0 Å². The Morgan fingerprint density at radius 1 is 1.14 bits per heavy atom. The number of amides is 2. The first-order valence-corrected chi connectivity index (χ1v) is 7.61. The molecule has 0 radical (unpaired) electrons. The zero-order chi connectivity index (χ0) is 16.2. The molecule has 0 aliphatic carbocycles. The molecule has 1 aromatic carbocycles. The van der Waals surface area contributed by atoms with Crippen molar-refractivity contribution in [1.82, 2.24) is 10.3 Å². The molecule has 2 amide bonds. The molecule has 1 saturated heterocycles. The summed E-state index contributed by atoms with van der Waals surface area (Å²) in [5.41, 5.74) is 4.51. The lowest BCUT2D eigenvalue weighted by Gasteiger charge is -2.18. The molecule has 5 heteroatoms. The maximum absolute atomic E-state index is 11.8. The first-order chi connectivity index (χ1) is 10.4. The highest BCUT2D eigenvalue weighted by Crippen LogP contribution is 2.21. The van der Waals surface area contributed by atoms with Gasteiger partial charge in [-0.2, -0.15) is 5.10 Å². The van der Waals surface area contributed by atoms with Crippen LogP contribution in [0.25, 0.3) is 0 Å². The monoisotopic (exact) mass is 301 g/mol. The summed E-state index contributed by atoms with van der Waals surface area (Å²) >= 11 is 0. The lowest BCUT2D eigenvalue weighted by Crippen LogP contribution is -2.39. The average Bonchev–Trinajstić information content (AvgIpc) is 3.00. The van der Waals surface area contributed by atoms with Gasteiger partial charge >= 0.3 is 11.8 Å². The summed E-state index contributed by atoms with van der Waals surface area (Å²) in [6.07, 6.45) is 3.46. The number of likely N-dealkylation sites (tertiary alicyclic amines) is 1. The lowest BCUT2D eigenvalue weighted by molar-refractivity contribution is -0.145. The van der Waals surface area contributed by atoms with Crippen molar-refractivity contribution in [2.24, 2.45) is 5.10 Å². The summed E-state index contributed by atoms with van der Waals surface area (Å²) in [6, 6.07) is 7.97. The standard InChI is InChI=1S/C17H23N3O2/c1-17(2,3)14-8-6-13(7-9-14)12-18-19-15(21)16(22)20-10-4-5-11-20/h6-9,12H,4-5,10-11H2,1-3H3,(H,19,21)/b18-12-. The molecule has 1 fully saturated rings. The average molecular weight is 301 g/mol. The second kappa shape index (κ2) is 6.73. The third-order valence-corrected chi connectivity index (χ3v) is 3.74. The van der Waals surface area contributed by atoms with Crippen LogP contribution in [0.5, 0.6) is 0 Å². The topological polar surface area (TPSA) is 61.8 Å². The second-order valence-electron chi connectivity index (χ2n) is 6.57. The molecule has 118 valence electrons. The highest BCUT2D eigenvalue weighted by Gasteiger charge is 2.23. The molecule has 2 rings (SSSR count). The van der Waals surface area contributed by atoms with Crippen LogP contribution in [0.2, 0.25) is 0 Å². The van der Waals surface area contributed by atoms with Crippen molar-refractivity contribution in [3.05, 3.63) is 35.4 Å². The Morgan fingerprint density at radius 3 is 2.27 bits per heavy atom. The molecule has 1 aliphatic rings. The molecule has 0 atom stereocenters. The van der Waals surface area contributed by atoms with E-state index in [9.17, 15) is 9.59 Å². The Labute approximate surface area is 131 Å². The maximum Gasteiger partial charge on any atom is 0.329 e. The van der Waals surface area contributed by atoms with Gasteiger partial charge in [0.25, 0.3) is 0 Å². The summed E-state index contributed by atoms with van der Waals surface area (Å²) in [6.45, 7) is 7.77. The predicted octanol–water partition coefficient (Wildman–Crippen LogP) is 2.06. The third-order valence-electron chi connectivity index (χ3n) is 3.74. The minimum absolute atomic E-state index is 0.103. The van der Waals surface area contributed by atoms with E-state index in [0.717, 1.165) is 18.4 Å². The van der Waals surface area contributed by atoms with E-state index in [1.165, 1.54) is 5.56 Å². The van der Waals surface area contributed by atoms with Crippen LogP contribution in [0.3, 0.4) is 0 Å². The number of carbonyl (C=O) groups is 2. The molecule has 5 nitrogen and oxygen atoms in total. The molecule has 0 unspecified atom stereocenters. The number of carbonyl (C=O) groups excluding carboxylic acids is 2. The van der Waals surface area contributed by atoms with Crippen molar-refractivity contribution in [2.75, 3.05) is 13.1 Å². The molecule has 1 aromatic rings. The van der Waals surface area contributed by atoms with Crippen LogP contribution < -0.4 is 5.43 Å². The summed E-state index contributed by atoms with van der Waals surface area (Å²) in [5, 5.41) is 3.85. The zero-order valence-corrected chi connectivity index (χ0v) is 13.4. The molecule has 0 bridgehead atoms. The van der Waals surface area contributed by atoms with Gasteiger partial charge in [-0.3, -0.25) is 9.59 Å². The Hall–Kier alpha value is -2.17. The molecule has 1 heterocycles. The van der Waals surface area contributed by atoms with Crippen molar-refractivity contribution < 1.29 is 9.59 Å². The Kier molecular flexibility index (Phi) is 4.96.